The van der Waals surface area contributed by atoms with E-state index < -0.39 is 5.60 Å². The minimum Gasteiger partial charge on any atom is -0.389 e. The van der Waals surface area contributed by atoms with Crippen LogP contribution in [0.3, 0.4) is 0 Å². The molecule has 1 aliphatic heterocycles. The zero-order chi connectivity index (χ0) is 15.0. The molecule has 0 aromatic carbocycles. The van der Waals surface area contributed by atoms with Crippen LogP contribution in [-0.2, 0) is 6.54 Å². The van der Waals surface area contributed by atoms with Crippen LogP contribution in [0, 0.1) is 0 Å². The maximum absolute atomic E-state index is 12.2. The van der Waals surface area contributed by atoms with Gasteiger partial charge in [-0.2, -0.15) is 0 Å². The highest BCUT2D eigenvalue weighted by atomic mass is 16.3. The van der Waals surface area contributed by atoms with Gasteiger partial charge in [0.05, 0.1) is 12.1 Å². The fraction of sp³-hybridized carbons (Fsp3) is 0.600. The standard InChI is InChI=1S/C15H22N4O2/c1-15(2,21)12-6-5-8-17(12)10-11-19-14(20)18-9-4-3-7-13(18)16-19/h3-4,7,9,12,21H,5-6,8,10-11H2,1-2H3. The molecule has 1 N–H and O–H groups in total. The Morgan fingerprint density at radius 1 is 1.38 bits per heavy atom. The first-order chi connectivity index (χ1) is 9.97. The van der Waals surface area contributed by atoms with Gasteiger partial charge in [0.25, 0.3) is 0 Å². The van der Waals surface area contributed by atoms with Crippen molar-refractivity contribution in [3.63, 3.8) is 0 Å². The van der Waals surface area contributed by atoms with Gasteiger partial charge in [-0.1, -0.05) is 6.07 Å². The van der Waals surface area contributed by atoms with Crippen LogP contribution in [0.2, 0.25) is 0 Å². The van der Waals surface area contributed by atoms with Crippen molar-refractivity contribution in [2.75, 3.05) is 13.1 Å². The Morgan fingerprint density at radius 2 is 2.19 bits per heavy atom. The van der Waals surface area contributed by atoms with Crippen LogP contribution >= 0.6 is 0 Å². The van der Waals surface area contributed by atoms with Crippen LogP contribution in [0.1, 0.15) is 26.7 Å². The van der Waals surface area contributed by atoms with Gasteiger partial charge < -0.3 is 5.11 Å². The Morgan fingerprint density at radius 3 is 2.90 bits per heavy atom. The average Bonchev–Trinajstić information content (AvgIpc) is 3.02. The van der Waals surface area contributed by atoms with Crippen molar-refractivity contribution >= 4 is 5.65 Å². The number of nitrogens with zero attached hydrogens (tertiary/aromatic N) is 4. The molecular formula is C15H22N4O2. The van der Waals surface area contributed by atoms with Crippen LogP contribution in [0.25, 0.3) is 5.65 Å². The van der Waals surface area contributed by atoms with Crippen molar-refractivity contribution in [1.82, 2.24) is 19.1 Å². The van der Waals surface area contributed by atoms with E-state index in [1.807, 2.05) is 32.0 Å². The van der Waals surface area contributed by atoms with Gasteiger partial charge in [-0.3, -0.25) is 9.30 Å². The summed E-state index contributed by atoms with van der Waals surface area (Å²) in [6, 6.07) is 5.68. The summed E-state index contributed by atoms with van der Waals surface area (Å²) in [4.78, 5) is 14.5. The molecule has 6 heteroatoms. The molecule has 1 aliphatic rings. The van der Waals surface area contributed by atoms with E-state index in [1.54, 1.807) is 10.6 Å². The molecule has 1 atom stereocenters. The highest BCUT2D eigenvalue weighted by molar-refractivity contribution is 5.35. The van der Waals surface area contributed by atoms with Gasteiger partial charge in [-0.05, 0) is 45.4 Å². The van der Waals surface area contributed by atoms with E-state index in [0.29, 0.717) is 12.2 Å². The lowest BCUT2D eigenvalue weighted by Crippen LogP contribution is -2.47. The smallest absolute Gasteiger partial charge is 0.350 e. The number of hydrogen-bond donors (Lipinski definition) is 1. The normalized spacial score (nSPS) is 20.4. The lowest BCUT2D eigenvalue weighted by molar-refractivity contribution is -0.00357. The molecule has 2 aromatic heterocycles. The van der Waals surface area contributed by atoms with E-state index in [0.717, 1.165) is 25.9 Å². The maximum Gasteiger partial charge on any atom is 0.350 e. The van der Waals surface area contributed by atoms with Crippen molar-refractivity contribution in [1.29, 1.82) is 0 Å². The Bertz CT molecular complexity index is 683. The number of fused-ring (bicyclic) bond motifs is 1. The van der Waals surface area contributed by atoms with Crippen LogP contribution < -0.4 is 5.69 Å². The number of aromatic nitrogens is 3. The minimum absolute atomic E-state index is 0.107. The van der Waals surface area contributed by atoms with E-state index in [-0.39, 0.29) is 11.7 Å². The van der Waals surface area contributed by atoms with Crippen molar-refractivity contribution < 1.29 is 5.11 Å². The highest BCUT2D eigenvalue weighted by Gasteiger charge is 2.35. The quantitative estimate of drug-likeness (QED) is 0.902. The van der Waals surface area contributed by atoms with Crippen LogP contribution in [0.15, 0.2) is 29.2 Å². The average molecular weight is 290 g/mol. The second-order valence-corrected chi connectivity index (χ2v) is 6.28. The van der Waals surface area contributed by atoms with Gasteiger partial charge in [0, 0.05) is 18.8 Å². The van der Waals surface area contributed by atoms with Gasteiger partial charge in [0.15, 0.2) is 5.65 Å². The summed E-state index contributed by atoms with van der Waals surface area (Å²) < 4.78 is 3.06. The maximum atomic E-state index is 12.2. The molecular weight excluding hydrogens is 268 g/mol. The lowest BCUT2D eigenvalue weighted by atomic mass is 9.97. The Balaban J connectivity index is 1.75. The molecule has 0 aliphatic carbocycles. The molecule has 0 amide bonds. The topological polar surface area (TPSA) is 62.8 Å². The molecule has 0 bridgehead atoms. The summed E-state index contributed by atoms with van der Waals surface area (Å²) in [6.45, 7) is 5.96. The molecule has 114 valence electrons. The summed E-state index contributed by atoms with van der Waals surface area (Å²) in [5, 5.41) is 14.6. The van der Waals surface area contributed by atoms with Crippen LogP contribution in [0.5, 0.6) is 0 Å². The second kappa shape index (κ2) is 5.27. The molecule has 3 heterocycles. The number of pyridine rings is 1. The monoisotopic (exact) mass is 290 g/mol. The molecule has 3 rings (SSSR count). The molecule has 0 spiro atoms. The zero-order valence-corrected chi connectivity index (χ0v) is 12.6. The SMILES string of the molecule is CC(C)(O)C1CCCN1CCn1nc2ccccn2c1=O. The van der Waals surface area contributed by atoms with E-state index in [9.17, 15) is 9.90 Å². The third-order valence-corrected chi connectivity index (χ3v) is 4.27. The van der Waals surface area contributed by atoms with Crippen molar-refractivity contribution in [3.05, 3.63) is 34.9 Å². The number of aliphatic hydroxyl groups is 1. The fourth-order valence-electron chi connectivity index (χ4n) is 3.23. The molecule has 2 aromatic rings. The van der Waals surface area contributed by atoms with Crippen molar-refractivity contribution in [2.45, 2.75) is 44.9 Å². The molecule has 21 heavy (non-hydrogen) atoms. The fourth-order valence-corrected chi connectivity index (χ4v) is 3.23. The summed E-state index contributed by atoms with van der Waals surface area (Å²) in [6.07, 6.45) is 3.83. The van der Waals surface area contributed by atoms with E-state index in [2.05, 4.69) is 10.00 Å². The molecule has 1 unspecified atom stereocenters. The number of rotatable bonds is 4. The van der Waals surface area contributed by atoms with Crippen LogP contribution in [0.4, 0.5) is 0 Å². The van der Waals surface area contributed by atoms with Gasteiger partial charge >= 0.3 is 5.69 Å². The van der Waals surface area contributed by atoms with Crippen molar-refractivity contribution in [3.8, 4) is 0 Å². The lowest BCUT2D eigenvalue weighted by Gasteiger charge is -2.33. The van der Waals surface area contributed by atoms with E-state index >= 15 is 0 Å². The predicted molar refractivity (Wildman–Crippen MR) is 80.3 cm³/mol. The zero-order valence-electron chi connectivity index (χ0n) is 12.6. The summed E-state index contributed by atoms with van der Waals surface area (Å²) >= 11 is 0. The van der Waals surface area contributed by atoms with E-state index in [1.165, 1.54) is 4.68 Å². The first-order valence-corrected chi connectivity index (χ1v) is 7.47. The Labute approximate surface area is 123 Å². The first-order valence-electron chi connectivity index (χ1n) is 7.47. The van der Waals surface area contributed by atoms with Gasteiger partial charge in [0.2, 0.25) is 0 Å². The first kappa shape index (κ1) is 14.3. The van der Waals surface area contributed by atoms with Crippen molar-refractivity contribution in [2.24, 2.45) is 0 Å². The molecule has 1 saturated heterocycles. The van der Waals surface area contributed by atoms with Crippen LogP contribution in [-0.4, -0.2) is 48.9 Å². The third kappa shape index (κ3) is 2.73. The molecule has 0 saturated carbocycles. The summed E-state index contributed by atoms with van der Waals surface area (Å²) in [5.74, 6) is 0. The van der Waals surface area contributed by atoms with Gasteiger partial charge in [-0.15, -0.1) is 5.10 Å². The minimum atomic E-state index is -0.708. The molecule has 1 fully saturated rings. The number of hydrogen-bond acceptors (Lipinski definition) is 4. The predicted octanol–water partition coefficient (Wildman–Crippen LogP) is 0.731. The largest absolute Gasteiger partial charge is 0.389 e. The Hall–Kier alpha value is -1.66. The van der Waals surface area contributed by atoms with E-state index in [4.69, 9.17) is 0 Å². The Kier molecular flexibility index (Phi) is 3.59. The second-order valence-electron chi connectivity index (χ2n) is 6.28. The third-order valence-electron chi connectivity index (χ3n) is 4.27. The summed E-state index contributed by atoms with van der Waals surface area (Å²) in [5.41, 5.74) is -0.145. The number of likely N-dealkylation sites (tertiary alicyclic amines) is 1. The summed E-state index contributed by atoms with van der Waals surface area (Å²) in [7, 11) is 0. The highest BCUT2D eigenvalue weighted by Crippen LogP contribution is 2.26. The molecule has 0 radical (unpaired) electrons. The molecule has 6 nitrogen and oxygen atoms in total. The van der Waals surface area contributed by atoms with Gasteiger partial charge in [0.1, 0.15) is 0 Å². The van der Waals surface area contributed by atoms with Gasteiger partial charge in [-0.25, -0.2) is 9.48 Å².